The number of aliphatic hydroxyl groups is 1. The molecule has 0 saturated heterocycles. The molecule has 0 aliphatic rings. The van der Waals surface area contributed by atoms with Crippen LogP contribution in [0.5, 0.6) is 0 Å². The minimum absolute atomic E-state index is 0.0947. The van der Waals surface area contributed by atoms with E-state index in [0.717, 1.165) is 0 Å². The summed E-state index contributed by atoms with van der Waals surface area (Å²) >= 11 is 5.96. The van der Waals surface area contributed by atoms with Crippen LogP contribution < -0.4 is 0 Å². The highest BCUT2D eigenvalue weighted by Crippen LogP contribution is 2.23. The number of rotatable bonds is 8. The lowest BCUT2D eigenvalue weighted by atomic mass is 10.1. The average molecular weight is 294 g/mol. The van der Waals surface area contributed by atoms with E-state index < -0.39 is 19.1 Å². The molecule has 1 rings (SSSR count). The van der Waals surface area contributed by atoms with Crippen molar-refractivity contribution in [2.75, 3.05) is 33.4 Å². The van der Waals surface area contributed by atoms with Gasteiger partial charge in [0.1, 0.15) is 0 Å². The van der Waals surface area contributed by atoms with Gasteiger partial charge in [0.25, 0.3) is 6.43 Å². The molecule has 1 N–H and O–H groups in total. The SMILES string of the molecule is COCCN(CC(F)F)CC(O)c1ccccc1Cl. The van der Waals surface area contributed by atoms with Crippen LogP contribution >= 0.6 is 11.6 Å². The van der Waals surface area contributed by atoms with Crippen LogP contribution in [0.1, 0.15) is 11.7 Å². The van der Waals surface area contributed by atoms with Crippen LogP contribution in [0.2, 0.25) is 5.02 Å². The molecule has 0 amide bonds. The Bertz CT molecular complexity index is 379. The molecule has 3 nitrogen and oxygen atoms in total. The van der Waals surface area contributed by atoms with Gasteiger partial charge in [-0.25, -0.2) is 8.78 Å². The van der Waals surface area contributed by atoms with Crippen molar-refractivity contribution in [3.8, 4) is 0 Å². The topological polar surface area (TPSA) is 32.7 Å². The summed E-state index contributed by atoms with van der Waals surface area (Å²) in [6.45, 7) is 0.368. The predicted octanol–water partition coefficient (Wildman–Crippen LogP) is 2.59. The van der Waals surface area contributed by atoms with Crippen molar-refractivity contribution in [1.29, 1.82) is 0 Å². The number of alkyl halides is 2. The van der Waals surface area contributed by atoms with E-state index >= 15 is 0 Å². The van der Waals surface area contributed by atoms with Gasteiger partial charge in [0.15, 0.2) is 0 Å². The summed E-state index contributed by atoms with van der Waals surface area (Å²) in [5.74, 6) is 0. The first-order valence-electron chi connectivity index (χ1n) is 5.96. The largest absolute Gasteiger partial charge is 0.387 e. The van der Waals surface area contributed by atoms with E-state index in [1.165, 1.54) is 12.0 Å². The molecule has 6 heteroatoms. The number of ether oxygens (including phenoxy) is 1. The summed E-state index contributed by atoms with van der Waals surface area (Å²) in [4.78, 5) is 1.46. The average Bonchev–Trinajstić information content (AvgIpc) is 2.35. The molecule has 0 saturated carbocycles. The molecule has 0 radical (unpaired) electrons. The molecule has 108 valence electrons. The van der Waals surface area contributed by atoms with Gasteiger partial charge in [-0.2, -0.15) is 0 Å². The Morgan fingerprint density at radius 1 is 1.32 bits per heavy atom. The molecule has 0 fully saturated rings. The van der Waals surface area contributed by atoms with Crippen LogP contribution in [0, 0.1) is 0 Å². The highest BCUT2D eigenvalue weighted by molar-refractivity contribution is 6.31. The summed E-state index contributed by atoms with van der Waals surface area (Å²) in [6, 6.07) is 6.84. The van der Waals surface area contributed by atoms with Crippen LogP contribution in [0.4, 0.5) is 8.78 Å². The fourth-order valence-electron chi connectivity index (χ4n) is 1.76. The zero-order valence-corrected chi connectivity index (χ0v) is 11.5. The Labute approximate surface area is 116 Å². The first-order valence-corrected chi connectivity index (χ1v) is 6.34. The fraction of sp³-hybridized carbons (Fsp3) is 0.538. The summed E-state index contributed by atoms with van der Waals surface area (Å²) in [5.41, 5.74) is 0.542. The molecule has 1 unspecified atom stereocenters. The number of aliphatic hydroxyl groups excluding tert-OH is 1. The normalized spacial score (nSPS) is 13.2. The third kappa shape index (κ3) is 5.82. The molecular weight excluding hydrogens is 276 g/mol. The fourth-order valence-corrected chi connectivity index (χ4v) is 2.02. The number of hydrogen-bond donors (Lipinski definition) is 1. The van der Waals surface area contributed by atoms with Gasteiger partial charge >= 0.3 is 0 Å². The molecule has 0 aromatic heterocycles. The second-order valence-corrected chi connectivity index (χ2v) is 4.59. The van der Waals surface area contributed by atoms with Gasteiger partial charge in [-0.15, -0.1) is 0 Å². The summed E-state index contributed by atoms with van der Waals surface area (Å²) in [5, 5.41) is 10.5. The molecule has 0 spiro atoms. The van der Waals surface area contributed by atoms with E-state index in [0.29, 0.717) is 23.7 Å². The van der Waals surface area contributed by atoms with E-state index in [2.05, 4.69) is 0 Å². The zero-order chi connectivity index (χ0) is 14.3. The highest BCUT2D eigenvalue weighted by Gasteiger charge is 2.18. The minimum atomic E-state index is -2.45. The lowest BCUT2D eigenvalue weighted by Gasteiger charge is -2.24. The van der Waals surface area contributed by atoms with Crippen LogP contribution in [-0.4, -0.2) is 49.8 Å². The van der Waals surface area contributed by atoms with Gasteiger partial charge in [0, 0.05) is 30.8 Å². The Hall–Kier alpha value is -0.750. The highest BCUT2D eigenvalue weighted by atomic mass is 35.5. The quantitative estimate of drug-likeness (QED) is 0.800. The Morgan fingerprint density at radius 3 is 2.58 bits per heavy atom. The molecule has 0 aliphatic heterocycles. The van der Waals surface area contributed by atoms with Gasteiger partial charge in [-0.05, 0) is 6.07 Å². The first-order chi connectivity index (χ1) is 9.04. The van der Waals surface area contributed by atoms with E-state index in [4.69, 9.17) is 16.3 Å². The molecule has 1 aromatic rings. The Balaban J connectivity index is 2.64. The van der Waals surface area contributed by atoms with E-state index in [1.807, 2.05) is 0 Å². The molecular formula is C13H18ClF2NO2. The van der Waals surface area contributed by atoms with Crippen LogP contribution in [0.15, 0.2) is 24.3 Å². The summed E-state index contributed by atoms with van der Waals surface area (Å²) < 4.78 is 29.8. The number of methoxy groups -OCH3 is 1. The number of benzene rings is 1. The molecule has 19 heavy (non-hydrogen) atoms. The monoisotopic (exact) mass is 293 g/mol. The lowest BCUT2D eigenvalue weighted by molar-refractivity contribution is 0.0406. The second-order valence-electron chi connectivity index (χ2n) is 4.18. The van der Waals surface area contributed by atoms with Crippen molar-refractivity contribution in [3.63, 3.8) is 0 Å². The van der Waals surface area contributed by atoms with Gasteiger partial charge < -0.3 is 9.84 Å². The predicted molar refractivity (Wildman–Crippen MR) is 70.7 cm³/mol. The van der Waals surface area contributed by atoms with E-state index in [1.54, 1.807) is 24.3 Å². The number of nitrogens with zero attached hydrogens (tertiary/aromatic N) is 1. The molecule has 0 bridgehead atoms. The van der Waals surface area contributed by atoms with Crippen molar-refractivity contribution in [3.05, 3.63) is 34.9 Å². The van der Waals surface area contributed by atoms with E-state index in [9.17, 15) is 13.9 Å². The first kappa shape index (κ1) is 16.3. The number of hydrogen-bond acceptors (Lipinski definition) is 3. The molecule has 0 aliphatic carbocycles. The Morgan fingerprint density at radius 2 is 2.00 bits per heavy atom. The van der Waals surface area contributed by atoms with Gasteiger partial charge in [-0.1, -0.05) is 29.8 Å². The molecule has 0 heterocycles. The molecule has 1 aromatic carbocycles. The van der Waals surface area contributed by atoms with Gasteiger partial charge in [0.05, 0.1) is 19.3 Å². The minimum Gasteiger partial charge on any atom is -0.387 e. The van der Waals surface area contributed by atoms with Crippen LogP contribution in [0.3, 0.4) is 0 Å². The van der Waals surface area contributed by atoms with Gasteiger partial charge in [-0.3, -0.25) is 4.90 Å². The van der Waals surface area contributed by atoms with E-state index in [-0.39, 0.29) is 6.54 Å². The van der Waals surface area contributed by atoms with Crippen LogP contribution in [-0.2, 0) is 4.74 Å². The second kappa shape index (κ2) is 8.43. The van der Waals surface area contributed by atoms with Gasteiger partial charge in [0.2, 0.25) is 0 Å². The summed E-state index contributed by atoms with van der Waals surface area (Å²) in [6.07, 6.45) is -3.35. The maximum atomic E-state index is 12.5. The standard InChI is InChI=1S/C13H18ClF2NO2/c1-19-7-6-17(9-13(15)16)8-12(18)10-4-2-3-5-11(10)14/h2-5,12-13,18H,6-9H2,1H3. The Kier molecular flexibility index (Phi) is 7.23. The molecule has 1 atom stereocenters. The number of halogens is 3. The third-order valence-corrected chi connectivity index (χ3v) is 3.05. The maximum absolute atomic E-state index is 12.5. The lowest BCUT2D eigenvalue weighted by Crippen LogP contribution is -2.35. The third-order valence-electron chi connectivity index (χ3n) is 2.70. The van der Waals surface area contributed by atoms with Crippen molar-refractivity contribution >= 4 is 11.6 Å². The van der Waals surface area contributed by atoms with Crippen LogP contribution in [0.25, 0.3) is 0 Å². The van der Waals surface area contributed by atoms with Crippen molar-refractivity contribution in [2.45, 2.75) is 12.5 Å². The smallest absolute Gasteiger partial charge is 0.251 e. The maximum Gasteiger partial charge on any atom is 0.251 e. The van der Waals surface area contributed by atoms with Crippen molar-refractivity contribution in [2.24, 2.45) is 0 Å². The van der Waals surface area contributed by atoms with Crippen molar-refractivity contribution < 1.29 is 18.6 Å². The zero-order valence-electron chi connectivity index (χ0n) is 10.7. The summed E-state index contributed by atoms with van der Waals surface area (Å²) in [7, 11) is 1.51. The van der Waals surface area contributed by atoms with Crippen molar-refractivity contribution in [1.82, 2.24) is 4.90 Å².